The molecule has 1 amide bonds. The number of thiocarbonyl (C=S) groups is 1. The Labute approximate surface area is 137 Å². The largest absolute Gasteiger partial charge is 0.490 e. The highest BCUT2D eigenvalue weighted by Gasteiger charge is 2.33. The summed E-state index contributed by atoms with van der Waals surface area (Å²) >= 11 is 6.16. The fraction of sp³-hybridized carbons (Fsp3) is 0.267. The summed E-state index contributed by atoms with van der Waals surface area (Å²) in [5, 5.41) is 8.83. The zero-order valence-electron chi connectivity index (χ0n) is 12.1. The quantitative estimate of drug-likeness (QED) is 0.658. The number of carboxylic acids is 1. The van der Waals surface area contributed by atoms with E-state index in [0.29, 0.717) is 10.7 Å². The first-order valence-electron chi connectivity index (χ1n) is 6.61. The Morgan fingerprint density at radius 3 is 2.77 bits per heavy atom. The Bertz CT molecular complexity index is 655. The number of nitrogens with zero attached hydrogens (tertiary/aromatic N) is 1. The number of ether oxygens (including phenoxy) is 1. The monoisotopic (exact) mass is 337 g/mol. The fourth-order valence-corrected chi connectivity index (χ4v) is 3.12. The van der Waals surface area contributed by atoms with Gasteiger partial charge in [-0.1, -0.05) is 42.2 Å². The number of carbonyl (C=O) groups excluding carboxylic acids is 1. The summed E-state index contributed by atoms with van der Waals surface area (Å²) in [6, 6.07) is 7.35. The minimum atomic E-state index is -1.10. The van der Waals surface area contributed by atoms with Gasteiger partial charge in [-0.3, -0.25) is 14.5 Å². The van der Waals surface area contributed by atoms with Gasteiger partial charge in [0.05, 0.1) is 11.0 Å². The molecule has 1 N–H and O–H groups in total. The maximum atomic E-state index is 12.2. The molecule has 1 heterocycles. The van der Waals surface area contributed by atoms with Gasteiger partial charge in [-0.15, -0.1) is 0 Å². The SMILES string of the molecule is CC(C)Oc1ccccc1C=C1SC(=S)N(CC(=O)O)C1=O. The minimum absolute atomic E-state index is 0.0102. The zero-order chi connectivity index (χ0) is 16.3. The van der Waals surface area contributed by atoms with Crippen molar-refractivity contribution in [2.45, 2.75) is 20.0 Å². The van der Waals surface area contributed by atoms with E-state index >= 15 is 0 Å². The molecular formula is C15H15NO4S2. The van der Waals surface area contributed by atoms with E-state index in [1.807, 2.05) is 38.1 Å². The number of thioether (sulfide) groups is 1. The van der Waals surface area contributed by atoms with E-state index in [9.17, 15) is 9.59 Å². The molecule has 0 bridgehead atoms. The van der Waals surface area contributed by atoms with Crippen molar-refractivity contribution in [3.05, 3.63) is 34.7 Å². The van der Waals surface area contributed by atoms with Crippen molar-refractivity contribution in [3.63, 3.8) is 0 Å². The molecule has 0 unspecified atom stereocenters. The number of amides is 1. The van der Waals surface area contributed by atoms with Crippen molar-refractivity contribution in [1.82, 2.24) is 4.90 Å². The maximum Gasteiger partial charge on any atom is 0.323 e. The molecule has 2 rings (SSSR count). The molecular weight excluding hydrogens is 322 g/mol. The first-order chi connectivity index (χ1) is 10.4. The molecule has 5 nitrogen and oxygen atoms in total. The number of benzene rings is 1. The Kier molecular flexibility index (Phi) is 5.20. The molecule has 0 spiro atoms. The topological polar surface area (TPSA) is 66.8 Å². The lowest BCUT2D eigenvalue weighted by atomic mass is 10.2. The molecule has 116 valence electrons. The molecule has 1 aromatic rings. The molecule has 1 saturated heterocycles. The van der Waals surface area contributed by atoms with Crippen LogP contribution < -0.4 is 4.74 Å². The highest BCUT2D eigenvalue weighted by molar-refractivity contribution is 8.26. The lowest BCUT2D eigenvalue weighted by molar-refractivity contribution is -0.140. The van der Waals surface area contributed by atoms with E-state index in [0.717, 1.165) is 22.2 Å². The second-order valence-corrected chi connectivity index (χ2v) is 6.54. The molecule has 1 aliphatic heterocycles. The normalized spacial score (nSPS) is 16.7. The van der Waals surface area contributed by atoms with Crippen LogP contribution in [-0.4, -0.2) is 38.9 Å². The van der Waals surface area contributed by atoms with Gasteiger partial charge < -0.3 is 9.84 Å². The number of hydrogen-bond donors (Lipinski definition) is 1. The van der Waals surface area contributed by atoms with Gasteiger partial charge in [0, 0.05) is 5.56 Å². The summed E-state index contributed by atoms with van der Waals surface area (Å²) in [7, 11) is 0. The molecule has 0 radical (unpaired) electrons. The van der Waals surface area contributed by atoms with Crippen LogP contribution in [0.25, 0.3) is 6.08 Å². The predicted octanol–water partition coefficient (Wildman–Crippen LogP) is 2.76. The molecule has 0 saturated carbocycles. The summed E-state index contributed by atoms with van der Waals surface area (Å²) < 4.78 is 5.95. The van der Waals surface area contributed by atoms with Crippen LogP contribution in [0.4, 0.5) is 0 Å². The van der Waals surface area contributed by atoms with Crippen molar-refractivity contribution in [1.29, 1.82) is 0 Å². The van der Waals surface area contributed by atoms with Gasteiger partial charge in [0.15, 0.2) is 0 Å². The molecule has 1 aromatic carbocycles. The average Bonchev–Trinajstić information content (AvgIpc) is 2.68. The lowest BCUT2D eigenvalue weighted by Gasteiger charge is -2.12. The number of carbonyl (C=O) groups is 2. The van der Waals surface area contributed by atoms with Crippen LogP contribution in [0.2, 0.25) is 0 Å². The van der Waals surface area contributed by atoms with Crippen LogP contribution in [0.5, 0.6) is 5.75 Å². The van der Waals surface area contributed by atoms with Crippen LogP contribution in [0.3, 0.4) is 0 Å². The van der Waals surface area contributed by atoms with Crippen molar-refractivity contribution in [3.8, 4) is 5.75 Å². The molecule has 0 atom stereocenters. The van der Waals surface area contributed by atoms with Gasteiger partial charge in [0.1, 0.15) is 16.6 Å². The third kappa shape index (κ3) is 3.86. The summed E-state index contributed by atoms with van der Waals surface area (Å²) in [6.07, 6.45) is 1.69. The third-order valence-electron chi connectivity index (χ3n) is 2.74. The maximum absolute atomic E-state index is 12.2. The smallest absolute Gasteiger partial charge is 0.323 e. The van der Waals surface area contributed by atoms with Gasteiger partial charge in [0.25, 0.3) is 5.91 Å². The van der Waals surface area contributed by atoms with Gasteiger partial charge in [0.2, 0.25) is 0 Å². The van der Waals surface area contributed by atoms with Gasteiger partial charge in [-0.25, -0.2) is 0 Å². The standard InChI is InChI=1S/C15H15NO4S2/c1-9(2)20-11-6-4-3-5-10(11)7-12-14(19)16(8-13(17)18)15(21)22-12/h3-7,9H,8H2,1-2H3,(H,17,18). The molecule has 7 heteroatoms. The molecule has 22 heavy (non-hydrogen) atoms. The van der Waals surface area contributed by atoms with E-state index in [1.54, 1.807) is 6.08 Å². The van der Waals surface area contributed by atoms with Crippen LogP contribution in [0.1, 0.15) is 19.4 Å². The number of para-hydroxylation sites is 1. The van der Waals surface area contributed by atoms with E-state index < -0.39 is 18.4 Å². The fourth-order valence-electron chi connectivity index (χ4n) is 1.87. The lowest BCUT2D eigenvalue weighted by Crippen LogP contribution is -2.33. The van der Waals surface area contributed by atoms with E-state index in [4.69, 9.17) is 22.1 Å². The van der Waals surface area contributed by atoms with Crippen molar-refractivity contribution in [2.75, 3.05) is 6.54 Å². The van der Waals surface area contributed by atoms with Gasteiger partial charge >= 0.3 is 5.97 Å². The summed E-state index contributed by atoms with van der Waals surface area (Å²) in [5.41, 5.74) is 0.757. The Morgan fingerprint density at radius 1 is 1.45 bits per heavy atom. The second-order valence-electron chi connectivity index (χ2n) is 4.87. The van der Waals surface area contributed by atoms with Crippen molar-refractivity contribution >= 4 is 46.3 Å². The predicted molar refractivity (Wildman–Crippen MR) is 89.7 cm³/mol. The van der Waals surface area contributed by atoms with Crippen molar-refractivity contribution < 1.29 is 19.4 Å². The van der Waals surface area contributed by atoms with E-state index in [1.165, 1.54) is 0 Å². The third-order valence-corrected chi connectivity index (χ3v) is 4.11. The Morgan fingerprint density at radius 2 is 2.14 bits per heavy atom. The summed E-state index contributed by atoms with van der Waals surface area (Å²) in [6.45, 7) is 3.42. The van der Waals surface area contributed by atoms with Crippen LogP contribution in [0, 0.1) is 0 Å². The molecule has 0 aromatic heterocycles. The number of carboxylic acid groups (broad SMARTS) is 1. The summed E-state index contributed by atoms with van der Waals surface area (Å²) in [4.78, 5) is 24.5. The zero-order valence-corrected chi connectivity index (χ0v) is 13.7. The van der Waals surface area contributed by atoms with Gasteiger partial charge in [-0.2, -0.15) is 0 Å². The van der Waals surface area contributed by atoms with E-state index in [-0.39, 0.29) is 10.4 Å². The minimum Gasteiger partial charge on any atom is -0.490 e. The average molecular weight is 337 g/mol. The highest BCUT2D eigenvalue weighted by Crippen LogP contribution is 2.34. The Balaban J connectivity index is 2.29. The Hall–Kier alpha value is -1.86. The molecule has 1 fully saturated rings. The van der Waals surface area contributed by atoms with Crippen LogP contribution in [0.15, 0.2) is 29.2 Å². The first kappa shape index (κ1) is 16.5. The van der Waals surface area contributed by atoms with Crippen LogP contribution >= 0.6 is 24.0 Å². The molecule has 1 aliphatic rings. The number of hydrogen-bond acceptors (Lipinski definition) is 5. The van der Waals surface area contributed by atoms with E-state index in [2.05, 4.69) is 0 Å². The van der Waals surface area contributed by atoms with Gasteiger partial charge in [-0.05, 0) is 26.0 Å². The highest BCUT2D eigenvalue weighted by atomic mass is 32.2. The first-order valence-corrected chi connectivity index (χ1v) is 7.84. The number of rotatable bonds is 5. The van der Waals surface area contributed by atoms with Crippen molar-refractivity contribution in [2.24, 2.45) is 0 Å². The second kappa shape index (κ2) is 6.93. The summed E-state index contributed by atoms with van der Waals surface area (Å²) in [5.74, 6) is -0.821. The van der Waals surface area contributed by atoms with Crippen LogP contribution in [-0.2, 0) is 9.59 Å². The molecule has 0 aliphatic carbocycles. The number of aliphatic carboxylic acids is 1.